The van der Waals surface area contributed by atoms with Crippen molar-refractivity contribution in [3.05, 3.63) is 94.5 Å². The monoisotopic (exact) mass is 489 g/mol. The average molecular weight is 490 g/mol. The highest BCUT2D eigenvalue weighted by atomic mass is 35.5. The molecule has 8 heteroatoms. The molecule has 1 heterocycles. The molecule has 0 unspecified atom stereocenters. The summed E-state index contributed by atoms with van der Waals surface area (Å²) in [5, 5.41) is 14.2. The van der Waals surface area contributed by atoms with E-state index in [1.807, 2.05) is 85.1 Å². The first-order valence-electron chi connectivity index (χ1n) is 10.7. The molecule has 1 amide bonds. The van der Waals surface area contributed by atoms with Crippen LogP contribution < -0.4 is 5.43 Å². The van der Waals surface area contributed by atoms with Gasteiger partial charge >= 0.3 is 0 Å². The second-order valence-corrected chi connectivity index (χ2v) is 9.19. The zero-order chi connectivity index (χ0) is 24.1. The number of thioether (sulfide) groups is 1. The molecule has 0 saturated heterocycles. The molecule has 0 bridgehead atoms. The zero-order valence-corrected chi connectivity index (χ0v) is 20.7. The van der Waals surface area contributed by atoms with Crippen molar-refractivity contribution in [2.24, 2.45) is 5.10 Å². The summed E-state index contributed by atoms with van der Waals surface area (Å²) in [6.45, 7) is 5.89. The highest BCUT2D eigenvalue weighted by Gasteiger charge is 2.17. The van der Waals surface area contributed by atoms with Crippen LogP contribution in [0.15, 0.2) is 83.1 Å². The van der Waals surface area contributed by atoms with E-state index in [9.17, 15) is 4.79 Å². The molecule has 4 rings (SSSR count). The lowest BCUT2D eigenvalue weighted by Gasteiger charge is -2.11. The third-order valence-corrected chi connectivity index (χ3v) is 6.44. The van der Waals surface area contributed by atoms with E-state index in [0.717, 1.165) is 28.2 Å². The first-order valence-corrected chi connectivity index (χ1v) is 12.1. The molecule has 34 heavy (non-hydrogen) atoms. The van der Waals surface area contributed by atoms with Crippen LogP contribution in [0.2, 0.25) is 5.02 Å². The lowest BCUT2D eigenvalue weighted by molar-refractivity contribution is -0.118. The van der Waals surface area contributed by atoms with Crippen molar-refractivity contribution in [1.82, 2.24) is 20.2 Å². The molecule has 0 radical (unpaired) electrons. The Kier molecular flexibility index (Phi) is 7.45. The van der Waals surface area contributed by atoms with E-state index in [1.54, 1.807) is 13.0 Å². The van der Waals surface area contributed by atoms with E-state index in [1.165, 1.54) is 17.3 Å². The molecule has 0 saturated carbocycles. The van der Waals surface area contributed by atoms with Gasteiger partial charge in [-0.25, -0.2) is 5.43 Å². The lowest BCUT2D eigenvalue weighted by Crippen LogP contribution is -2.21. The fourth-order valence-corrected chi connectivity index (χ4v) is 4.32. The SMILES string of the molecule is CC(=NNC(=O)CSc1nnc(-c2ccc(C)cc2)n1-c1ccc(C)cc1)c1ccccc1Cl. The molecule has 0 fully saturated rings. The number of rotatable bonds is 7. The highest BCUT2D eigenvalue weighted by molar-refractivity contribution is 7.99. The van der Waals surface area contributed by atoms with Crippen LogP contribution in [-0.2, 0) is 4.79 Å². The van der Waals surface area contributed by atoms with E-state index in [4.69, 9.17) is 11.6 Å². The molecule has 6 nitrogen and oxygen atoms in total. The molecule has 0 atom stereocenters. The predicted molar refractivity (Wildman–Crippen MR) is 139 cm³/mol. The Labute approximate surface area is 208 Å². The average Bonchev–Trinajstić information content (AvgIpc) is 3.26. The topological polar surface area (TPSA) is 72.2 Å². The van der Waals surface area contributed by atoms with Gasteiger partial charge < -0.3 is 0 Å². The number of carbonyl (C=O) groups is 1. The van der Waals surface area contributed by atoms with Gasteiger partial charge in [-0.3, -0.25) is 9.36 Å². The Morgan fingerprint density at radius 2 is 1.62 bits per heavy atom. The van der Waals surface area contributed by atoms with Gasteiger partial charge in [0.1, 0.15) is 0 Å². The molecule has 1 aromatic heterocycles. The summed E-state index contributed by atoms with van der Waals surface area (Å²) in [4.78, 5) is 12.5. The largest absolute Gasteiger partial charge is 0.272 e. The molecule has 0 aliphatic rings. The number of hydrazone groups is 1. The summed E-state index contributed by atoms with van der Waals surface area (Å²) in [5.74, 6) is 0.614. The lowest BCUT2D eigenvalue weighted by atomic mass is 10.1. The third-order valence-electron chi connectivity index (χ3n) is 5.18. The molecule has 0 aliphatic carbocycles. The molecule has 0 aliphatic heterocycles. The molecular weight excluding hydrogens is 466 g/mol. The van der Waals surface area contributed by atoms with E-state index in [0.29, 0.717) is 15.9 Å². The second kappa shape index (κ2) is 10.7. The Balaban J connectivity index is 1.54. The zero-order valence-electron chi connectivity index (χ0n) is 19.1. The summed E-state index contributed by atoms with van der Waals surface area (Å²) < 4.78 is 1.97. The van der Waals surface area contributed by atoms with Gasteiger partial charge in [-0.1, -0.05) is 89.1 Å². The van der Waals surface area contributed by atoms with Crippen LogP contribution in [-0.4, -0.2) is 32.1 Å². The molecule has 172 valence electrons. The minimum atomic E-state index is -0.244. The highest BCUT2D eigenvalue weighted by Crippen LogP contribution is 2.28. The minimum Gasteiger partial charge on any atom is -0.272 e. The number of hydrogen-bond acceptors (Lipinski definition) is 5. The Morgan fingerprint density at radius 3 is 2.29 bits per heavy atom. The number of benzene rings is 3. The summed E-state index contributed by atoms with van der Waals surface area (Å²) in [6, 6.07) is 23.7. The van der Waals surface area contributed by atoms with E-state index in [2.05, 4.69) is 20.7 Å². The first-order chi connectivity index (χ1) is 16.4. The Bertz CT molecular complexity index is 1330. The number of halogens is 1. The number of nitrogens with one attached hydrogen (secondary N) is 1. The van der Waals surface area contributed by atoms with Crippen molar-refractivity contribution in [1.29, 1.82) is 0 Å². The summed E-state index contributed by atoms with van der Waals surface area (Å²) >= 11 is 7.51. The maximum absolute atomic E-state index is 12.5. The van der Waals surface area contributed by atoms with Crippen LogP contribution in [0.3, 0.4) is 0 Å². The Hall–Kier alpha value is -3.42. The summed E-state index contributed by atoms with van der Waals surface area (Å²) in [5.41, 5.74) is 8.23. The standard InChI is InChI=1S/C26H24ClN5OS/c1-17-8-12-20(13-9-17)25-30-31-26(32(25)21-14-10-18(2)11-15-21)34-16-24(33)29-28-19(3)22-6-4-5-7-23(22)27/h4-15H,16H2,1-3H3,(H,29,33). The molecule has 4 aromatic rings. The van der Waals surface area contributed by atoms with Crippen molar-refractivity contribution in [3.8, 4) is 17.1 Å². The van der Waals surface area contributed by atoms with Gasteiger partial charge in [0.05, 0.1) is 11.5 Å². The van der Waals surface area contributed by atoms with Crippen LogP contribution in [0.5, 0.6) is 0 Å². The van der Waals surface area contributed by atoms with Crippen molar-refractivity contribution < 1.29 is 4.79 Å². The molecular formula is C26H24ClN5OS. The van der Waals surface area contributed by atoms with Crippen LogP contribution >= 0.6 is 23.4 Å². The second-order valence-electron chi connectivity index (χ2n) is 7.84. The minimum absolute atomic E-state index is 0.136. The number of aromatic nitrogens is 3. The number of amides is 1. The number of hydrogen-bond donors (Lipinski definition) is 1. The van der Waals surface area contributed by atoms with Crippen molar-refractivity contribution in [2.75, 3.05) is 5.75 Å². The van der Waals surface area contributed by atoms with Crippen molar-refractivity contribution >= 4 is 35.0 Å². The van der Waals surface area contributed by atoms with Gasteiger partial charge in [0.2, 0.25) is 0 Å². The number of nitrogens with zero attached hydrogens (tertiary/aromatic N) is 4. The summed E-state index contributed by atoms with van der Waals surface area (Å²) in [6.07, 6.45) is 0. The maximum atomic E-state index is 12.5. The molecule has 1 N–H and O–H groups in total. The van der Waals surface area contributed by atoms with E-state index >= 15 is 0 Å². The van der Waals surface area contributed by atoms with Gasteiger partial charge in [-0.15, -0.1) is 10.2 Å². The first kappa shape index (κ1) is 23.7. The van der Waals surface area contributed by atoms with Gasteiger partial charge in [0.15, 0.2) is 11.0 Å². The van der Waals surface area contributed by atoms with E-state index in [-0.39, 0.29) is 11.7 Å². The third kappa shape index (κ3) is 5.55. The normalized spacial score (nSPS) is 11.5. The molecule has 0 spiro atoms. The predicted octanol–water partition coefficient (Wildman–Crippen LogP) is 5.84. The fraction of sp³-hybridized carbons (Fsp3) is 0.154. The van der Waals surface area contributed by atoms with Gasteiger partial charge in [-0.2, -0.15) is 5.10 Å². The van der Waals surface area contributed by atoms with Gasteiger partial charge in [0, 0.05) is 21.8 Å². The maximum Gasteiger partial charge on any atom is 0.250 e. The van der Waals surface area contributed by atoms with Gasteiger partial charge in [0.25, 0.3) is 5.91 Å². The number of aryl methyl sites for hydroxylation is 2. The van der Waals surface area contributed by atoms with Crippen molar-refractivity contribution in [3.63, 3.8) is 0 Å². The fourth-order valence-electron chi connectivity index (χ4n) is 3.30. The summed E-state index contributed by atoms with van der Waals surface area (Å²) in [7, 11) is 0. The van der Waals surface area contributed by atoms with Crippen LogP contribution in [0, 0.1) is 13.8 Å². The molecule has 3 aromatic carbocycles. The van der Waals surface area contributed by atoms with Crippen LogP contribution in [0.25, 0.3) is 17.1 Å². The van der Waals surface area contributed by atoms with Gasteiger partial charge in [-0.05, 0) is 39.0 Å². The number of carbonyl (C=O) groups excluding carboxylic acids is 1. The smallest absolute Gasteiger partial charge is 0.250 e. The Morgan fingerprint density at radius 1 is 0.971 bits per heavy atom. The van der Waals surface area contributed by atoms with Crippen LogP contribution in [0.4, 0.5) is 0 Å². The van der Waals surface area contributed by atoms with Crippen molar-refractivity contribution in [2.45, 2.75) is 25.9 Å². The van der Waals surface area contributed by atoms with Crippen LogP contribution in [0.1, 0.15) is 23.6 Å². The quantitative estimate of drug-likeness (QED) is 0.201. The van der Waals surface area contributed by atoms with E-state index < -0.39 is 0 Å².